The van der Waals surface area contributed by atoms with E-state index in [4.69, 9.17) is 0 Å². The second kappa shape index (κ2) is 4.41. The first-order chi connectivity index (χ1) is 8.78. The predicted molar refractivity (Wildman–Crippen MR) is 69.9 cm³/mol. The van der Waals surface area contributed by atoms with E-state index in [1.165, 1.54) is 18.0 Å². The molecule has 1 unspecified atom stereocenters. The van der Waals surface area contributed by atoms with Crippen molar-refractivity contribution in [3.63, 3.8) is 0 Å². The number of nitrogens with one attached hydrogen (secondary N) is 1. The predicted octanol–water partition coefficient (Wildman–Crippen LogP) is 0.669. The number of hydrogen-bond donors (Lipinski definition) is 2. The summed E-state index contributed by atoms with van der Waals surface area (Å²) in [5, 5.41) is 11.8. The van der Waals surface area contributed by atoms with Gasteiger partial charge in [-0.1, -0.05) is 18.3 Å². The number of hydrogen-bond acceptors (Lipinski definition) is 4. The molecule has 0 spiro atoms. The van der Waals surface area contributed by atoms with E-state index >= 15 is 0 Å². The van der Waals surface area contributed by atoms with Crippen LogP contribution in [0, 0.1) is 0 Å². The van der Waals surface area contributed by atoms with Gasteiger partial charge >= 0.3 is 5.97 Å². The van der Waals surface area contributed by atoms with Gasteiger partial charge in [-0.05, 0) is 12.5 Å². The quantitative estimate of drug-likeness (QED) is 0.743. The zero-order chi connectivity index (χ0) is 14.4. The maximum Gasteiger partial charge on any atom is 0.345 e. The summed E-state index contributed by atoms with van der Waals surface area (Å²) in [7, 11) is 0. The molecule has 102 valence electrons. The Morgan fingerprint density at radius 2 is 2.21 bits per heavy atom. The van der Waals surface area contributed by atoms with Crippen LogP contribution in [-0.4, -0.2) is 38.0 Å². The summed E-state index contributed by atoms with van der Waals surface area (Å²) in [6.07, 6.45) is 1.76. The zero-order valence-corrected chi connectivity index (χ0v) is 11.4. The third-order valence-corrected chi connectivity index (χ3v) is 4.54. The fourth-order valence-corrected chi connectivity index (χ4v) is 3.71. The molecular weight excluding hydrogens is 268 g/mol. The van der Waals surface area contributed by atoms with Crippen LogP contribution in [0.25, 0.3) is 0 Å². The number of rotatable bonds is 3. The average Bonchev–Trinajstić information content (AvgIpc) is 2.26. The van der Waals surface area contributed by atoms with Crippen molar-refractivity contribution >= 4 is 29.5 Å². The molecule has 2 heterocycles. The van der Waals surface area contributed by atoms with Crippen molar-refractivity contribution in [2.45, 2.75) is 30.5 Å². The monoisotopic (exact) mass is 282 g/mol. The summed E-state index contributed by atoms with van der Waals surface area (Å²) in [5.74, 6) is -1.67. The summed E-state index contributed by atoms with van der Waals surface area (Å²) >= 11 is 1.05. The lowest BCUT2D eigenvalue weighted by molar-refractivity contribution is -0.143. The summed E-state index contributed by atoms with van der Waals surface area (Å²) in [4.78, 5) is 34.4. The minimum Gasteiger partial charge on any atom is -0.479 e. The molecule has 0 aromatic heterocycles. The van der Waals surface area contributed by atoms with Gasteiger partial charge in [-0.25, -0.2) is 4.79 Å². The topological polar surface area (TPSA) is 86.7 Å². The van der Waals surface area contributed by atoms with E-state index in [0.717, 1.165) is 11.8 Å². The van der Waals surface area contributed by atoms with Gasteiger partial charge in [-0.15, -0.1) is 0 Å². The Labute approximate surface area is 114 Å². The molecule has 2 aliphatic rings. The van der Waals surface area contributed by atoms with Crippen LogP contribution in [0.5, 0.6) is 0 Å². The van der Waals surface area contributed by atoms with Crippen LogP contribution in [0.3, 0.4) is 0 Å². The van der Waals surface area contributed by atoms with E-state index in [1.807, 2.05) is 0 Å². The molecule has 0 saturated carbocycles. The Kier molecular flexibility index (Phi) is 3.17. The molecule has 1 fully saturated rings. The van der Waals surface area contributed by atoms with E-state index in [-0.39, 0.29) is 17.7 Å². The molecule has 7 heteroatoms. The molecule has 2 N–H and O–H groups in total. The first kappa shape index (κ1) is 13.7. The van der Waals surface area contributed by atoms with E-state index in [0.29, 0.717) is 11.1 Å². The fraction of sp³-hybridized carbons (Fsp3) is 0.417. The van der Waals surface area contributed by atoms with Crippen LogP contribution in [0.1, 0.15) is 20.3 Å². The lowest BCUT2D eigenvalue weighted by atomic mass is 9.99. The van der Waals surface area contributed by atoms with Crippen molar-refractivity contribution in [3.8, 4) is 0 Å². The van der Waals surface area contributed by atoms with Gasteiger partial charge in [0.15, 0.2) is 0 Å². The molecule has 19 heavy (non-hydrogen) atoms. The minimum atomic E-state index is -1.57. The van der Waals surface area contributed by atoms with Gasteiger partial charge in [-0.3, -0.25) is 9.59 Å². The van der Waals surface area contributed by atoms with Gasteiger partial charge in [-0.2, -0.15) is 0 Å². The normalized spacial score (nSPS) is 28.9. The molecule has 0 aromatic rings. The van der Waals surface area contributed by atoms with E-state index in [1.54, 1.807) is 6.92 Å². The van der Waals surface area contributed by atoms with Gasteiger partial charge in [0.2, 0.25) is 16.7 Å². The first-order valence-corrected chi connectivity index (χ1v) is 6.55. The third kappa shape index (κ3) is 2.03. The highest BCUT2D eigenvalue weighted by atomic mass is 32.2. The maximum atomic E-state index is 11.7. The summed E-state index contributed by atoms with van der Waals surface area (Å²) in [6, 6.07) is 0. The van der Waals surface area contributed by atoms with E-state index < -0.39 is 16.7 Å². The standard InChI is InChI=1S/C12H14N2O4S/c1-6(2)8-5-14-9(16)4-10(14)19-12(8,11(17)18)13-7(3)15/h5,10H,1,4H2,2-3H3,(H,13,15)(H,17,18)/t10-,12?/m1/s1. The van der Waals surface area contributed by atoms with Crippen molar-refractivity contribution in [1.82, 2.24) is 10.2 Å². The SMILES string of the molecule is C=C(C)C1=CN2C(=O)C[C@H]2SC1(NC(C)=O)C(=O)O. The van der Waals surface area contributed by atoms with Gasteiger partial charge < -0.3 is 15.3 Å². The Hall–Kier alpha value is -1.76. The molecule has 0 bridgehead atoms. The highest BCUT2D eigenvalue weighted by Crippen LogP contribution is 2.47. The second-order valence-corrected chi connectivity index (χ2v) is 5.96. The molecule has 1 saturated heterocycles. The van der Waals surface area contributed by atoms with Crippen molar-refractivity contribution in [2.24, 2.45) is 0 Å². The first-order valence-electron chi connectivity index (χ1n) is 5.67. The van der Waals surface area contributed by atoms with Crippen LogP contribution < -0.4 is 5.32 Å². The summed E-state index contributed by atoms with van der Waals surface area (Å²) in [6.45, 7) is 6.65. The molecule has 0 aliphatic carbocycles. The molecule has 0 radical (unpaired) electrons. The minimum absolute atomic E-state index is 0.0573. The largest absolute Gasteiger partial charge is 0.479 e. The fourth-order valence-electron chi connectivity index (χ4n) is 2.13. The van der Waals surface area contributed by atoms with Crippen LogP contribution in [0.4, 0.5) is 0 Å². The Morgan fingerprint density at radius 1 is 1.58 bits per heavy atom. The number of carbonyl (C=O) groups excluding carboxylic acids is 2. The second-order valence-electron chi connectivity index (χ2n) is 4.57. The molecule has 2 amide bonds. The van der Waals surface area contributed by atoms with Crippen LogP contribution >= 0.6 is 11.8 Å². The van der Waals surface area contributed by atoms with Gasteiger partial charge in [0.25, 0.3) is 0 Å². The number of carboxylic acids is 1. The molecule has 2 atom stereocenters. The zero-order valence-electron chi connectivity index (χ0n) is 10.6. The molecule has 2 aliphatic heterocycles. The summed E-state index contributed by atoms with van der Waals surface area (Å²) < 4.78 is 0. The highest BCUT2D eigenvalue weighted by Gasteiger charge is 2.54. The number of amides is 2. The smallest absolute Gasteiger partial charge is 0.345 e. The van der Waals surface area contributed by atoms with Gasteiger partial charge in [0.1, 0.15) is 0 Å². The number of carboxylic acid groups (broad SMARTS) is 1. The number of fused-ring (bicyclic) bond motifs is 1. The number of aliphatic carboxylic acids is 1. The van der Waals surface area contributed by atoms with Gasteiger partial charge in [0, 0.05) is 18.7 Å². The highest BCUT2D eigenvalue weighted by molar-refractivity contribution is 8.02. The van der Waals surface area contributed by atoms with Crippen molar-refractivity contribution in [1.29, 1.82) is 0 Å². The Morgan fingerprint density at radius 3 is 2.63 bits per heavy atom. The maximum absolute atomic E-state index is 11.7. The Balaban J connectivity index is 2.51. The van der Waals surface area contributed by atoms with Crippen LogP contribution in [0.15, 0.2) is 23.9 Å². The number of carbonyl (C=O) groups is 3. The van der Waals surface area contributed by atoms with Crippen LogP contribution in [0.2, 0.25) is 0 Å². The number of nitrogens with zero attached hydrogens (tertiary/aromatic N) is 1. The lowest BCUT2D eigenvalue weighted by Gasteiger charge is -2.48. The summed E-state index contributed by atoms with van der Waals surface area (Å²) in [5.41, 5.74) is 0.839. The van der Waals surface area contributed by atoms with Crippen molar-refractivity contribution < 1.29 is 19.5 Å². The molecular formula is C12H14N2O4S. The third-order valence-electron chi connectivity index (χ3n) is 3.02. The van der Waals surface area contributed by atoms with Crippen LogP contribution in [-0.2, 0) is 14.4 Å². The van der Waals surface area contributed by atoms with E-state index in [2.05, 4.69) is 11.9 Å². The Bertz CT molecular complexity index is 528. The van der Waals surface area contributed by atoms with Crippen molar-refractivity contribution in [2.75, 3.05) is 0 Å². The average molecular weight is 282 g/mol. The van der Waals surface area contributed by atoms with Gasteiger partial charge in [0.05, 0.1) is 11.8 Å². The van der Waals surface area contributed by atoms with E-state index in [9.17, 15) is 19.5 Å². The number of β-lactam (4-membered cyclic amide) rings is 1. The number of thioether (sulfide) groups is 1. The lowest BCUT2D eigenvalue weighted by Crippen LogP contribution is -2.61. The molecule has 2 rings (SSSR count). The van der Waals surface area contributed by atoms with Crippen molar-refractivity contribution in [3.05, 3.63) is 23.9 Å². The molecule has 6 nitrogen and oxygen atoms in total. The molecule has 0 aromatic carbocycles.